The molecule has 0 aliphatic heterocycles. The van der Waals surface area contributed by atoms with E-state index in [4.69, 9.17) is 0 Å². The summed E-state index contributed by atoms with van der Waals surface area (Å²) in [7, 11) is 0. The summed E-state index contributed by atoms with van der Waals surface area (Å²) in [5.74, 6) is 0.672. The van der Waals surface area contributed by atoms with E-state index in [0.717, 1.165) is 0 Å². The topological polar surface area (TPSA) is 0 Å². The van der Waals surface area contributed by atoms with Crippen molar-refractivity contribution >= 4 is 23.8 Å². The van der Waals surface area contributed by atoms with Gasteiger partial charge in [-0.1, -0.05) is 0 Å². The molecule has 50 valence electrons. The molecule has 11 heavy (non-hydrogen) atoms. The van der Waals surface area contributed by atoms with Gasteiger partial charge >= 0.3 is 76.3 Å². The van der Waals surface area contributed by atoms with E-state index < -0.39 is 0 Å². The van der Waals surface area contributed by atoms with Gasteiger partial charge in [-0.15, -0.1) is 0 Å². The molecule has 0 saturated heterocycles. The molecule has 0 aromatic heterocycles. The van der Waals surface area contributed by atoms with E-state index >= 15 is 0 Å². The van der Waals surface area contributed by atoms with Crippen LogP contribution in [0.3, 0.4) is 0 Å². The van der Waals surface area contributed by atoms with Crippen LogP contribution < -0.4 is 0 Å². The van der Waals surface area contributed by atoms with Gasteiger partial charge in [0.05, 0.1) is 0 Å². The molecule has 0 fully saturated rings. The summed E-state index contributed by atoms with van der Waals surface area (Å²) < 4.78 is 0. The van der Waals surface area contributed by atoms with Gasteiger partial charge in [-0.05, 0) is 0 Å². The van der Waals surface area contributed by atoms with Crippen molar-refractivity contribution in [2.75, 3.05) is 0 Å². The van der Waals surface area contributed by atoms with Crippen molar-refractivity contribution < 1.29 is 0 Å². The van der Waals surface area contributed by atoms with Gasteiger partial charge in [-0.2, -0.15) is 0 Å². The van der Waals surface area contributed by atoms with Gasteiger partial charge in [0, 0.05) is 0 Å². The molecular formula is C10H9Li. The molecule has 1 aliphatic carbocycles. The van der Waals surface area contributed by atoms with Crippen LogP contribution in [0.2, 0.25) is 5.09 Å². The van der Waals surface area contributed by atoms with Crippen molar-refractivity contribution in [3.05, 3.63) is 41.5 Å². The van der Waals surface area contributed by atoms with E-state index in [0.29, 0.717) is 5.92 Å². The van der Waals surface area contributed by atoms with Crippen molar-refractivity contribution in [2.45, 2.75) is 11.0 Å². The van der Waals surface area contributed by atoms with E-state index in [1.807, 2.05) is 0 Å². The molecule has 0 saturated carbocycles. The van der Waals surface area contributed by atoms with Crippen LogP contribution in [0.15, 0.2) is 30.3 Å². The molecule has 1 aliphatic rings. The SMILES string of the molecule is [Li][CH2]C1C=Cc2ccccc21. The fourth-order valence-electron chi connectivity index (χ4n) is 1.68. The molecule has 0 heterocycles. The second kappa shape index (κ2) is 2.89. The molecule has 1 atom stereocenters. The average molecular weight is 136 g/mol. The van der Waals surface area contributed by atoms with Gasteiger partial charge in [-0.3, -0.25) is 0 Å². The zero-order valence-electron chi connectivity index (χ0n) is 6.75. The molecule has 1 heteroatoms. The summed E-state index contributed by atoms with van der Waals surface area (Å²) in [4.78, 5) is 0. The molecule has 0 amide bonds. The summed E-state index contributed by atoms with van der Waals surface area (Å²) in [6, 6.07) is 8.63. The Hall–Kier alpha value is -0.443. The van der Waals surface area contributed by atoms with Gasteiger partial charge in [0.1, 0.15) is 0 Å². The Balaban J connectivity index is 2.46. The normalized spacial score (nSPS) is 20.4. The maximum absolute atomic E-state index is 2.30. The van der Waals surface area contributed by atoms with E-state index in [1.165, 1.54) is 16.2 Å². The molecular weight excluding hydrogens is 127 g/mol. The van der Waals surface area contributed by atoms with Crippen LogP contribution in [0, 0.1) is 0 Å². The van der Waals surface area contributed by atoms with Gasteiger partial charge in [0.15, 0.2) is 0 Å². The fourth-order valence-corrected chi connectivity index (χ4v) is 1.68. The van der Waals surface area contributed by atoms with Crippen molar-refractivity contribution in [3.63, 3.8) is 0 Å². The molecule has 0 spiro atoms. The standard InChI is InChI=1S/C10H9.Li/c1-8-6-7-9-4-2-3-5-10(8)9;/h2-8H,1H2;. The van der Waals surface area contributed by atoms with E-state index in [2.05, 4.69) is 54.1 Å². The molecule has 0 N–H and O–H groups in total. The van der Waals surface area contributed by atoms with Crippen LogP contribution in [-0.2, 0) is 0 Å². The van der Waals surface area contributed by atoms with Crippen LogP contribution in [0.25, 0.3) is 6.08 Å². The second-order valence-corrected chi connectivity index (χ2v) is 3.00. The summed E-state index contributed by atoms with van der Waals surface area (Å²) in [5.41, 5.74) is 2.90. The van der Waals surface area contributed by atoms with Crippen molar-refractivity contribution in [2.24, 2.45) is 0 Å². The Morgan fingerprint density at radius 3 is 2.91 bits per heavy atom. The van der Waals surface area contributed by atoms with Crippen LogP contribution in [-0.4, -0.2) is 17.7 Å². The van der Waals surface area contributed by atoms with Gasteiger partial charge < -0.3 is 0 Å². The third-order valence-corrected chi connectivity index (χ3v) is 2.34. The number of fused-ring (bicyclic) bond motifs is 1. The van der Waals surface area contributed by atoms with Crippen LogP contribution >= 0.6 is 0 Å². The third kappa shape index (κ3) is 1.17. The predicted molar refractivity (Wildman–Crippen MR) is 48.8 cm³/mol. The molecule has 2 rings (SSSR count). The number of hydrogen-bond donors (Lipinski definition) is 0. The van der Waals surface area contributed by atoms with Crippen molar-refractivity contribution in [1.29, 1.82) is 0 Å². The van der Waals surface area contributed by atoms with Gasteiger partial charge in [0.25, 0.3) is 0 Å². The molecule has 1 aromatic carbocycles. The fraction of sp³-hybridized carbons (Fsp3) is 0.200. The number of hydrogen-bond acceptors (Lipinski definition) is 0. The quantitative estimate of drug-likeness (QED) is 0.520. The van der Waals surface area contributed by atoms with Crippen LogP contribution in [0.1, 0.15) is 17.0 Å². The van der Waals surface area contributed by atoms with E-state index in [1.54, 1.807) is 0 Å². The van der Waals surface area contributed by atoms with Gasteiger partial charge in [-0.25, -0.2) is 0 Å². The van der Waals surface area contributed by atoms with Crippen LogP contribution in [0.5, 0.6) is 0 Å². The molecule has 0 nitrogen and oxygen atoms in total. The number of rotatable bonds is 1. The Bertz CT molecular complexity index is 289. The minimum atomic E-state index is 0.672. The van der Waals surface area contributed by atoms with Crippen molar-refractivity contribution in [1.82, 2.24) is 0 Å². The molecule has 1 unspecified atom stereocenters. The number of benzene rings is 1. The maximum atomic E-state index is 2.30. The summed E-state index contributed by atoms with van der Waals surface area (Å²) in [5, 5.41) is 1.22. The molecule has 0 radical (unpaired) electrons. The molecule has 0 bridgehead atoms. The predicted octanol–water partition coefficient (Wildman–Crippen LogP) is 2.38. The Morgan fingerprint density at radius 1 is 1.27 bits per heavy atom. The zero-order valence-corrected chi connectivity index (χ0v) is 6.75. The minimum absolute atomic E-state index is 0.672. The van der Waals surface area contributed by atoms with Crippen molar-refractivity contribution in [3.8, 4) is 0 Å². The number of allylic oxidation sites excluding steroid dienone is 1. The monoisotopic (exact) mass is 136 g/mol. The first-order chi connectivity index (χ1) is 5.42. The zero-order chi connectivity index (χ0) is 7.68. The Morgan fingerprint density at radius 2 is 2.09 bits per heavy atom. The summed E-state index contributed by atoms with van der Waals surface area (Å²) in [6.07, 6.45) is 4.52. The second-order valence-electron chi connectivity index (χ2n) is 3.00. The van der Waals surface area contributed by atoms with E-state index in [-0.39, 0.29) is 0 Å². The Labute approximate surface area is 76.5 Å². The average Bonchev–Trinajstić information content (AvgIpc) is 2.47. The summed E-state index contributed by atoms with van der Waals surface area (Å²) in [6.45, 7) is 0. The van der Waals surface area contributed by atoms with Gasteiger partial charge in [0.2, 0.25) is 0 Å². The first-order valence-corrected chi connectivity index (χ1v) is 4.19. The molecule has 1 aromatic rings. The summed E-state index contributed by atoms with van der Waals surface area (Å²) >= 11 is 2.23. The first kappa shape index (κ1) is 7.22. The Kier molecular flexibility index (Phi) is 1.90. The van der Waals surface area contributed by atoms with Crippen LogP contribution in [0.4, 0.5) is 0 Å². The van der Waals surface area contributed by atoms with E-state index in [9.17, 15) is 0 Å². The third-order valence-electron chi connectivity index (χ3n) is 2.34. The first-order valence-electron chi connectivity index (χ1n) is 4.19.